The molecule has 0 radical (unpaired) electrons. The van der Waals surface area contributed by atoms with Crippen molar-refractivity contribution in [3.05, 3.63) is 78.0 Å². The highest BCUT2D eigenvalue weighted by Gasteiger charge is 2.14. The molecule has 4 aromatic rings. The molecule has 0 bridgehead atoms. The van der Waals surface area contributed by atoms with E-state index >= 15 is 0 Å². The number of rotatable bonds is 4. The Morgan fingerprint density at radius 1 is 1.18 bits per heavy atom. The zero-order valence-electron chi connectivity index (χ0n) is 15.3. The van der Waals surface area contributed by atoms with Gasteiger partial charge in [-0.25, -0.2) is 14.4 Å². The quantitative estimate of drug-likeness (QED) is 0.586. The summed E-state index contributed by atoms with van der Waals surface area (Å²) in [7, 11) is 1.61. The number of nitrogens with one attached hydrogen (secondary N) is 1. The van der Waals surface area contributed by atoms with Crippen molar-refractivity contribution in [2.45, 2.75) is 6.92 Å². The number of benzene rings is 2. The van der Waals surface area contributed by atoms with Crippen LogP contribution in [0.15, 0.2) is 60.9 Å². The fraction of sp³-hybridized carbons (Fsp3) is 0.0952. The van der Waals surface area contributed by atoms with Gasteiger partial charge in [0.15, 0.2) is 5.82 Å². The predicted octanol–water partition coefficient (Wildman–Crippen LogP) is 3.94. The Bertz CT molecular complexity index is 1190. The van der Waals surface area contributed by atoms with Gasteiger partial charge in [-0.15, -0.1) is 0 Å². The highest BCUT2D eigenvalue weighted by molar-refractivity contribution is 6.01. The SMILES string of the molecule is COc1ccc2c(ccn2NC(=O)c2cnc(-c3cccc(F)c3)nc2C)c1. The molecular formula is C21H17FN4O2. The van der Waals surface area contributed by atoms with Crippen molar-refractivity contribution in [3.8, 4) is 17.1 Å². The summed E-state index contributed by atoms with van der Waals surface area (Å²) >= 11 is 0. The number of halogens is 1. The van der Waals surface area contributed by atoms with E-state index in [1.807, 2.05) is 24.3 Å². The molecule has 1 amide bonds. The summed E-state index contributed by atoms with van der Waals surface area (Å²) in [5, 5.41) is 0.939. The molecule has 0 saturated carbocycles. The minimum Gasteiger partial charge on any atom is -0.497 e. The van der Waals surface area contributed by atoms with E-state index in [1.165, 1.54) is 18.3 Å². The number of ether oxygens (including phenoxy) is 1. The van der Waals surface area contributed by atoms with Crippen LogP contribution in [0.3, 0.4) is 0 Å². The molecule has 2 aromatic heterocycles. The number of hydrogen-bond donors (Lipinski definition) is 1. The summed E-state index contributed by atoms with van der Waals surface area (Å²) in [5.74, 6) is 0.411. The largest absolute Gasteiger partial charge is 0.497 e. The first kappa shape index (κ1) is 17.7. The first-order valence-corrected chi connectivity index (χ1v) is 8.61. The van der Waals surface area contributed by atoms with Gasteiger partial charge in [0.1, 0.15) is 11.6 Å². The van der Waals surface area contributed by atoms with Gasteiger partial charge in [-0.05, 0) is 43.3 Å². The molecule has 7 heteroatoms. The summed E-state index contributed by atoms with van der Waals surface area (Å²) in [5.41, 5.74) is 5.07. The Kier molecular flexibility index (Phi) is 4.49. The molecule has 2 heterocycles. The van der Waals surface area contributed by atoms with Crippen LogP contribution in [0.1, 0.15) is 16.1 Å². The topological polar surface area (TPSA) is 69.0 Å². The molecule has 28 heavy (non-hydrogen) atoms. The summed E-state index contributed by atoms with van der Waals surface area (Å²) in [6, 6.07) is 13.5. The second-order valence-corrected chi connectivity index (χ2v) is 6.25. The monoisotopic (exact) mass is 376 g/mol. The van der Waals surface area contributed by atoms with Gasteiger partial charge in [-0.2, -0.15) is 0 Å². The van der Waals surface area contributed by atoms with E-state index in [1.54, 1.807) is 37.0 Å². The molecule has 0 aliphatic carbocycles. The van der Waals surface area contributed by atoms with E-state index in [9.17, 15) is 9.18 Å². The molecule has 0 saturated heterocycles. The number of amides is 1. The highest BCUT2D eigenvalue weighted by Crippen LogP contribution is 2.22. The Morgan fingerprint density at radius 2 is 2.04 bits per heavy atom. The molecule has 0 fully saturated rings. The summed E-state index contributed by atoms with van der Waals surface area (Å²) < 4.78 is 20.3. The van der Waals surface area contributed by atoms with E-state index in [4.69, 9.17) is 4.74 Å². The van der Waals surface area contributed by atoms with Crippen molar-refractivity contribution in [3.63, 3.8) is 0 Å². The molecule has 0 spiro atoms. The van der Waals surface area contributed by atoms with Crippen molar-refractivity contribution in [2.75, 3.05) is 12.5 Å². The molecule has 0 atom stereocenters. The van der Waals surface area contributed by atoms with Crippen molar-refractivity contribution in [2.24, 2.45) is 0 Å². The van der Waals surface area contributed by atoms with Gasteiger partial charge in [0.25, 0.3) is 5.91 Å². The maximum atomic E-state index is 13.4. The average Bonchev–Trinajstić information content (AvgIpc) is 3.09. The van der Waals surface area contributed by atoms with Crippen LogP contribution in [0.2, 0.25) is 0 Å². The van der Waals surface area contributed by atoms with Crippen LogP contribution in [0.5, 0.6) is 5.75 Å². The van der Waals surface area contributed by atoms with Gasteiger partial charge in [-0.1, -0.05) is 12.1 Å². The summed E-state index contributed by atoms with van der Waals surface area (Å²) in [4.78, 5) is 21.3. The number of carbonyl (C=O) groups is 1. The Balaban J connectivity index is 1.60. The second kappa shape index (κ2) is 7.11. The maximum absolute atomic E-state index is 13.4. The van der Waals surface area contributed by atoms with Crippen LogP contribution in [0.4, 0.5) is 4.39 Å². The maximum Gasteiger partial charge on any atom is 0.273 e. The highest BCUT2D eigenvalue weighted by atomic mass is 19.1. The van der Waals surface area contributed by atoms with Crippen molar-refractivity contribution >= 4 is 16.8 Å². The molecule has 6 nitrogen and oxygen atoms in total. The van der Waals surface area contributed by atoms with Gasteiger partial charge < -0.3 is 4.74 Å². The van der Waals surface area contributed by atoms with Gasteiger partial charge in [0.05, 0.1) is 23.9 Å². The smallest absolute Gasteiger partial charge is 0.273 e. The Morgan fingerprint density at radius 3 is 2.79 bits per heavy atom. The van der Waals surface area contributed by atoms with Crippen LogP contribution in [-0.4, -0.2) is 27.7 Å². The van der Waals surface area contributed by atoms with E-state index in [2.05, 4.69) is 15.4 Å². The van der Waals surface area contributed by atoms with E-state index in [0.717, 1.165) is 16.7 Å². The lowest BCUT2D eigenvalue weighted by atomic mass is 10.2. The number of hydrogen-bond acceptors (Lipinski definition) is 4. The minimum atomic E-state index is -0.364. The number of nitrogens with zero attached hydrogens (tertiary/aromatic N) is 3. The second-order valence-electron chi connectivity index (χ2n) is 6.25. The zero-order valence-corrected chi connectivity index (χ0v) is 15.3. The lowest BCUT2D eigenvalue weighted by Crippen LogP contribution is -2.23. The normalized spacial score (nSPS) is 10.8. The van der Waals surface area contributed by atoms with E-state index in [-0.39, 0.29) is 11.7 Å². The first-order valence-electron chi connectivity index (χ1n) is 8.61. The number of fused-ring (bicyclic) bond motifs is 1. The predicted molar refractivity (Wildman–Crippen MR) is 104 cm³/mol. The standard InChI is InChI=1S/C21H17FN4O2/c1-13-18(12-23-20(24-13)15-4-3-5-16(22)10-15)21(27)25-26-9-8-14-11-17(28-2)6-7-19(14)26/h3-12H,1-2H3,(H,25,27). The first-order chi connectivity index (χ1) is 13.5. The zero-order chi connectivity index (χ0) is 19.7. The molecular weight excluding hydrogens is 359 g/mol. The van der Waals surface area contributed by atoms with Gasteiger partial charge in [0, 0.05) is 23.3 Å². The summed E-state index contributed by atoms with van der Waals surface area (Å²) in [6.07, 6.45) is 3.21. The lowest BCUT2D eigenvalue weighted by molar-refractivity contribution is 0.101. The molecule has 2 aromatic carbocycles. The molecule has 0 aliphatic rings. The van der Waals surface area contributed by atoms with Crippen LogP contribution < -0.4 is 10.2 Å². The molecule has 4 rings (SSSR count). The van der Waals surface area contributed by atoms with Gasteiger partial charge in [-0.3, -0.25) is 14.9 Å². The third-order valence-electron chi connectivity index (χ3n) is 4.43. The fourth-order valence-corrected chi connectivity index (χ4v) is 2.97. The van der Waals surface area contributed by atoms with Gasteiger partial charge in [0.2, 0.25) is 0 Å². The third-order valence-corrected chi connectivity index (χ3v) is 4.43. The van der Waals surface area contributed by atoms with E-state index in [0.29, 0.717) is 22.6 Å². The van der Waals surface area contributed by atoms with Gasteiger partial charge >= 0.3 is 0 Å². The van der Waals surface area contributed by atoms with Crippen LogP contribution >= 0.6 is 0 Å². The Labute approximate surface area is 160 Å². The summed E-state index contributed by atoms with van der Waals surface area (Å²) in [6.45, 7) is 1.72. The molecule has 1 N–H and O–H groups in total. The van der Waals surface area contributed by atoms with Crippen LogP contribution in [0.25, 0.3) is 22.3 Å². The number of aryl methyl sites for hydroxylation is 1. The fourth-order valence-electron chi connectivity index (χ4n) is 2.97. The number of carbonyl (C=O) groups excluding carboxylic acids is 1. The average molecular weight is 376 g/mol. The number of methoxy groups -OCH3 is 1. The van der Waals surface area contributed by atoms with Crippen molar-refractivity contribution in [1.29, 1.82) is 0 Å². The van der Waals surface area contributed by atoms with Crippen molar-refractivity contribution < 1.29 is 13.9 Å². The molecule has 140 valence electrons. The van der Waals surface area contributed by atoms with E-state index < -0.39 is 0 Å². The Hall–Kier alpha value is -3.74. The minimum absolute atomic E-state index is 0.336. The van der Waals surface area contributed by atoms with Crippen LogP contribution in [-0.2, 0) is 0 Å². The molecule has 0 aliphatic heterocycles. The van der Waals surface area contributed by atoms with Crippen LogP contribution in [0, 0.1) is 12.7 Å². The number of aromatic nitrogens is 3. The third kappa shape index (κ3) is 3.29. The molecule has 0 unspecified atom stereocenters. The van der Waals surface area contributed by atoms with Crippen molar-refractivity contribution in [1.82, 2.24) is 14.6 Å². The lowest BCUT2D eigenvalue weighted by Gasteiger charge is -2.10.